The van der Waals surface area contributed by atoms with Gasteiger partial charge in [-0.2, -0.15) is 0 Å². The predicted molar refractivity (Wildman–Crippen MR) is 83.8 cm³/mol. The third-order valence-corrected chi connectivity index (χ3v) is 3.60. The number of carboxylic acid groups (broad SMARTS) is 1. The number of aromatic hydroxyl groups is 2. The number of hydrogen-bond acceptors (Lipinski definition) is 4. The summed E-state index contributed by atoms with van der Waals surface area (Å²) in [6, 6.07) is 7.98. The van der Waals surface area contributed by atoms with Crippen molar-refractivity contribution in [2.24, 2.45) is 0 Å². The van der Waals surface area contributed by atoms with Crippen molar-refractivity contribution in [3.05, 3.63) is 51.1 Å². The van der Waals surface area contributed by atoms with Crippen LogP contribution in [0.1, 0.15) is 20.7 Å². The second kappa shape index (κ2) is 6.00. The Morgan fingerprint density at radius 1 is 1.05 bits per heavy atom. The number of carboxylic acids is 1. The highest BCUT2D eigenvalue weighted by Crippen LogP contribution is 2.24. The van der Waals surface area contributed by atoms with Gasteiger partial charge in [0.25, 0.3) is 5.91 Å². The molecule has 0 unspecified atom stereocenters. The SMILES string of the molecule is O=C(Nc1ccc(O)cc1C(=O)O)c1ccc(I)c(O)c1. The van der Waals surface area contributed by atoms with E-state index in [1.54, 1.807) is 6.07 Å². The van der Waals surface area contributed by atoms with Crippen molar-refractivity contribution < 1.29 is 24.9 Å². The van der Waals surface area contributed by atoms with E-state index in [0.29, 0.717) is 3.57 Å². The minimum Gasteiger partial charge on any atom is -0.508 e. The topological polar surface area (TPSA) is 107 Å². The number of carbonyl (C=O) groups is 2. The minimum atomic E-state index is -1.27. The molecule has 6 nitrogen and oxygen atoms in total. The van der Waals surface area contributed by atoms with Crippen molar-refractivity contribution in [1.82, 2.24) is 0 Å². The summed E-state index contributed by atoms with van der Waals surface area (Å²) in [5.41, 5.74) is 0.0266. The first-order valence-electron chi connectivity index (χ1n) is 5.74. The third kappa shape index (κ3) is 3.43. The molecule has 0 saturated heterocycles. The summed E-state index contributed by atoms with van der Waals surface area (Å²) >= 11 is 1.92. The van der Waals surface area contributed by atoms with E-state index in [9.17, 15) is 19.8 Å². The molecule has 0 aliphatic heterocycles. The maximum Gasteiger partial charge on any atom is 0.337 e. The third-order valence-electron chi connectivity index (χ3n) is 2.69. The van der Waals surface area contributed by atoms with Gasteiger partial charge in [0.1, 0.15) is 11.5 Å². The van der Waals surface area contributed by atoms with Crippen LogP contribution in [0.15, 0.2) is 36.4 Å². The van der Waals surface area contributed by atoms with Crippen LogP contribution >= 0.6 is 22.6 Å². The summed E-state index contributed by atoms with van der Waals surface area (Å²) in [5.74, 6) is -2.08. The van der Waals surface area contributed by atoms with Crippen LogP contribution in [0.3, 0.4) is 0 Å². The number of anilines is 1. The lowest BCUT2D eigenvalue weighted by Gasteiger charge is -2.09. The van der Waals surface area contributed by atoms with Gasteiger partial charge in [-0.05, 0) is 59.0 Å². The van der Waals surface area contributed by atoms with Gasteiger partial charge in [-0.25, -0.2) is 4.79 Å². The molecule has 0 atom stereocenters. The molecule has 7 heteroatoms. The van der Waals surface area contributed by atoms with Gasteiger partial charge in [-0.3, -0.25) is 4.79 Å². The van der Waals surface area contributed by atoms with Crippen molar-refractivity contribution in [2.45, 2.75) is 0 Å². The summed E-state index contributed by atoms with van der Waals surface area (Å²) in [6.45, 7) is 0. The first kappa shape index (κ1) is 15.1. The number of phenolic OH excluding ortho intramolecular Hbond substituents is 2. The van der Waals surface area contributed by atoms with Crippen molar-refractivity contribution in [3.63, 3.8) is 0 Å². The predicted octanol–water partition coefficient (Wildman–Crippen LogP) is 2.65. The second-order valence-electron chi connectivity index (χ2n) is 4.16. The maximum atomic E-state index is 12.1. The number of benzene rings is 2. The molecule has 2 rings (SSSR count). The van der Waals surface area contributed by atoms with Crippen LogP contribution < -0.4 is 5.32 Å². The van der Waals surface area contributed by atoms with E-state index < -0.39 is 11.9 Å². The number of phenols is 2. The molecule has 0 bridgehead atoms. The molecule has 2 aromatic rings. The fourth-order valence-electron chi connectivity index (χ4n) is 1.67. The molecule has 0 saturated carbocycles. The van der Waals surface area contributed by atoms with Crippen molar-refractivity contribution in [1.29, 1.82) is 0 Å². The minimum absolute atomic E-state index is 0.0348. The zero-order valence-corrected chi connectivity index (χ0v) is 12.7. The average molecular weight is 399 g/mol. The standard InChI is InChI=1S/C14H10INO5/c15-10-3-1-7(5-12(10)18)13(19)16-11-4-2-8(17)6-9(11)14(20)21/h1-6,17-18H,(H,16,19)(H,20,21). The Bertz CT molecular complexity index is 729. The molecule has 0 radical (unpaired) electrons. The Kier molecular flexibility index (Phi) is 4.32. The van der Waals surface area contributed by atoms with Crippen LogP contribution in [0, 0.1) is 3.57 Å². The van der Waals surface area contributed by atoms with Crippen LogP contribution in [0.25, 0.3) is 0 Å². The van der Waals surface area contributed by atoms with Gasteiger partial charge in [0.2, 0.25) is 0 Å². The maximum absolute atomic E-state index is 12.1. The van der Waals surface area contributed by atoms with Crippen LogP contribution in [0.5, 0.6) is 11.5 Å². The highest BCUT2D eigenvalue weighted by molar-refractivity contribution is 14.1. The number of nitrogens with one attached hydrogen (secondary N) is 1. The Morgan fingerprint density at radius 2 is 1.76 bits per heavy atom. The number of hydrogen-bond donors (Lipinski definition) is 4. The molecule has 0 spiro atoms. The summed E-state index contributed by atoms with van der Waals surface area (Å²) in [7, 11) is 0. The second-order valence-corrected chi connectivity index (χ2v) is 5.32. The van der Waals surface area contributed by atoms with Gasteiger partial charge in [0.05, 0.1) is 14.8 Å². The van der Waals surface area contributed by atoms with Gasteiger partial charge < -0.3 is 20.6 Å². The quantitative estimate of drug-likeness (QED) is 0.469. The normalized spacial score (nSPS) is 10.1. The molecule has 1 amide bonds. The average Bonchev–Trinajstić information content (AvgIpc) is 2.43. The van der Waals surface area contributed by atoms with E-state index in [1.165, 1.54) is 24.3 Å². The van der Waals surface area contributed by atoms with Gasteiger partial charge in [-0.15, -0.1) is 0 Å². The van der Waals surface area contributed by atoms with Crippen LogP contribution in [0.2, 0.25) is 0 Å². The first-order chi connectivity index (χ1) is 9.88. The summed E-state index contributed by atoms with van der Waals surface area (Å²) in [4.78, 5) is 23.1. The van der Waals surface area contributed by atoms with Gasteiger partial charge in [0.15, 0.2) is 0 Å². The molecule has 0 aliphatic carbocycles. The largest absolute Gasteiger partial charge is 0.508 e. The molecule has 0 fully saturated rings. The van der Waals surface area contributed by atoms with Gasteiger partial charge in [-0.1, -0.05) is 0 Å². The summed E-state index contributed by atoms with van der Waals surface area (Å²) in [6.07, 6.45) is 0. The van der Waals surface area contributed by atoms with Crippen molar-refractivity contribution >= 4 is 40.2 Å². The Labute approximate surface area is 133 Å². The molecule has 108 valence electrons. The molecular weight excluding hydrogens is 389 g/mol. The number of carbonyl (C=O) groups excluding carboxylic acids is 1. The molecule has 0 aromatic heterocycles. The van der Waals surface area contributed by atoms with Crippen LogP contribution in [-0.2, 0) is 0 Å². The fraction of sp³-hybridized carbons (Fsp3) is 0. The summed E-state index contributed by atoms with van der Waals surface area (Å²) in [5, 5.41) is 30.4. The van der Waals surface area contributed by atoms with E-state index in [2.05, 4.69) is 5.32 Å². The zero-order valence-electron chi connectivity index (χ0n) is 10.5. The molecule has 0 aliphatic rings. The lowest BCUT2D eigenvalue weighted by Crippen LogP contribution is -2.14. The van der Waals surface area contributed by atoms with Crippen LogP contribution in [0.4, 0.5) is 5.69 Å². The van der Waals surface area contributed by atoms with Crippen LogP contribution in [-0.4, -0.2) is 27.2 Å². The Balaban J connectivity index is 2.31. The van der Waals surface area contributed by atoms with E-state index >= 15 is 0 Å². The lowest BCUT2D eigenvalue weighted by molar-refractivity contribution is 0.0697. The van der Waals surface area contributed by atoms with E-state index in [4.69, 9.17) is 5.11 Å². The van der Waals surface area contributed by atoms with Gasteiger partial charge >= 0.3 is 5.97 Å². The highest BCUT2D eigenvalue weighted by Gasteiger charge is 2.15. The summed E-state index contributed by atoms with van der Waals surface area (Å²) < 4.78 is 0.597. The molecule has 2 aromatic carbocycles. The zero-order chi connectivity index (χ0) is 15.6. The lowest BCUT2D eigenvalue weighted by atomic mass is 10.1. The number of aromatic carboxylic acids is 1. The smallest absolute Gasteiger partial charge is 0.337 e. The highest BCUT2D eigenvalue weighted by atomic mass is 127. The number of halogens is 1. The van der Waals surface area contributed by atoms with Crippen molar-refractivity contribution in [2.75, 3.05) is 5.32 Å². The van der Waals surface area contributed by atoms with E-state index in [1.807, 2.05) is 22.6 Å². The molecule has 4 N–H and O–H groups in total. The van der Waals surface area contributed by atoms with Gasteiger partial charge in [0, 0.05) is 5.56 Å². The van der Waals surface area contributed by atoms with E-state index in [0.717, 1.165) is 6.07 Å². The Morgan fingerprint density at radius 3 is 2.38 bits per heavy atom. The Hall–Kier alpha value is -2.29. The molecule has 0 heterocycles. The van der Waals surface area contributed by atoms with Crippen molar-refractivity contribution in [3.8, 4) is 11.5 Å². The molecular formula is C14H10INO5. The first-order valence-corrected chi connectivity index (χ1v) is 6.82. The number of rotatable bonds is 3. The molecule has 21 heavy (non-hydrogen) atoms. The van der Waals surface area contributed by atoms with E-state index in [-0.39, 0.29) is 28.3 Å². The fourth-order valence-corrected chi connectivity index (χ4v) is 2.00. The number of amides is 1. The monoisotopic (exact) mass is 399 g/mol.